The Labute approximate surface area is 75.0 Å². The van der Waals surface area contributed by atoms with Crippen molar-refractivity contribution in [3.05, 3.63) is 10.2 Å². The number of rotatable bonds is 1. The predicted molar refractivity (Wildman–Crippen MR) is 41.6 cm³/mol. The van der Waals surface area contributed by atoms with Gasteiger partial charge in [-0.25, -0.2) is 0 Å². The van der Waals surface area contributed by atoms with Gasteiger partial charge in [-0.2, -0.15) is 0 Å². The normalized spacial score (nSPS) is 21.5. The van der Waals surface area contributed by atoms with Crippen LogP contribution in [0.15, 0.2) is 10.2 Å². The summed E-state index contributed by atoms with van der Waals surface area (Å²) in [5.74, 6) is 0. The van der Waals surface area contributed by atoms with Crippen molar-refractivity contribution in [1.29, 1.82) is 0 Å². The molecule has 0 saturated carbocycles. The van der Waals surface area contributed by atoms with E-state index in [1.165, 1.54) is 38.5 Å². The predicted octanol–water partition coefficient (Wildman–Crippen LogP) is 3.46. The summed E-state index contributed by atoms with van der Waals surface area (Å²) < 4.78 is 1.58. The summed E-state index contributed by atoms with van der Waals surface area (Å²) in [7, 11) is 5.86. The van der Waals surface area contributed by atoms with Gasteiger partial charge in [0.05, 0.1) is 0 Å². The number of hydrogen-bond acceptors (Lipinski definition) is 0. The van der Waals surface area contributed by atoms with E-state index >= 15 is 0 Å². The van der Waals surface area contributed by atoms with E-state index < -0.39 is 0 Å². The third-order valence-corrected chi connectivity index (χ3v) is 4.79. The Kier molecular flexibility index (Phi) is 4.69. The Hall–Kier alpha value is 0.679. The molecule has 0 atom stereocenters. The molecule has 0 fully saturated rings. The van der Waals surface area contributed by atoms with E-state index in [2.05, 4.69) is 6.08 Å². The molecule has 1 aliphatic rings. The molecule has 0 saturated heterocycles. The van der Waals surface area contributed by atoms with Crippen molar-refractivity contribution in [3.63, 3.8) is 0 Å². The molecule has 1 aliphatic carbocycles. The number of hydrogen-bond donors (Lipinski definition) is 0. The number of allylic oxidation sites excluding steroid dienone is 2. The van der Waals surface area contributed by atoms with Gasteiger partial charge in [-0.1, -0.05) is 0 Å². The monoisotopic (exact) mass is 337 g/mol. The molecule has 0 heterocycles. The second-order valence-electron chi connectivity index (χ2n) is 2.64. The summed E-state index contributed by atoms with van der Waals surface area (Å²) in [5.41, 5.74) is 0. The third-order valence-electron chi connectivity index (χ3n) is 1.80. The van der Waals surface area contributed by atoms with Crippen molar-refractivity contribution in [1.82, 2.24) is 0 Å². The van der Waals surface area contributed by atoms with Crippen LogP contribution in [0.2, 0.25) is 0 Å². The van der Waals surface area contributed by atoms with Crippen LogP contribution in [0.4, 0.5) is 0 Å². The van der Waals surface area contributed by atoms with Crippen LogP contribution in [0.1, 0.15) is 38.5 Å². The Morgan fingerprint density at radius 3 is 2.80 bits per heavy atom. The Morgan fingerprint density at radius 1 is 1.20 bits per heavy atom. The van der Waals surface area contributed by atoms with Gasteiger partial charge in [-0.05, 0) is 0 Å². The molecule has 0 N–H and O–H groups in total. The zero-order valence-corrected chi connectivity index (χ0v) is 9.18. The molecule has 0 nitrogen and oxygen atoms in total. The van der Waals surface area contributed by atoms with Crippen LogP contribution in [0.25, 0.3) is 0 Å². The van der Waals surface area contributed by atoms with Crippen LogP contribution < -0.4 is 0 Å². The molecule has 0 aromatic heterocycles. The van der Waals surface area contributed by atoms with Gasteiger partial charge in [0.15, 0.2) is 0 Å². The van der Waals surface area contributed by atoms with Gasteiger partial charge >= 0.3 is 75.0 Å². The van der Waals surface area contributed by atoms with Crippen molar-refractivity contribution in [2.24, 2.45) is 0 Å². The average molecular weight is 337 g/mol. The van der Waals surface area contributed by atoms with Gasteiger partial charge in [-0.15, -0.1) is 0 Å². The molecular weight excluding hydrogens is 324 g/mol. The molecule has 1 rings (SSSR count). The first-order chi connectivity index (χ1) is 4.93. The molecule has 0 unspecified atom stereocenters. The van der Waals surface area contributed by atoms with E-state index in [9.17, 15) is 0 Å². The molecule has 0 aromatic carbocycles. The maximum atomic E-state index is 5.86. The van der Waals surface area contributed by atoms with Crippen molar-refractivity contribution >= 4 is 9.58 Å². The molecule has 0 radical (unpaired) electrons. The molecule has 0 amide bonds. The van der Waals surface area contributed by atoms with Crippen LogP contribution in [-0.4, -0.2) is 0 Å². The molecule has 0 aromatic rings. The fourth-order valence-electron chi connectivity index (χ4n) is 1.20. The Balaban J connectivity index is 2.35. The second-order valence-corrected chi connectivity index (χ2v) is 5.66. The molecular formula is C8H13ClIr. The fourth-order valence-corrected chi connectivity index (χ4v) is 3.31. The Morgan fingerprint density at radius 2 is 2.00 bits per heavy atom. The SMILES string of the molecule is [Cl][Ir][C]1=CCCCCCC1. The van der Waals surface area contributed by atoms with Crippen molar-refractivity contribution in [2.75, 3.05) is 0 Å². The van der Waals surface area contributed by atoms with E-state index in [1.54, 1.807) is 4.09 Å². The van der Waals surface area contributed by atoms with Crippen molar-refractivity contribution in [3.8, 4) is 0 Å². The molecule has 2 heteroatoms. The van der Waals surface area contributed by atoms with Gasteiger partial charge < -0.3 is 0 Å². The summed E-state index contributed by atoms with van der Waals surface area (Å²) in [6.45, 7) is 0. The van der Waals surface area contributed by atoms with E-state index in [0.29, 0.717) is 0 Å². The van der Waals surface area contributed by atoms with Crippen LogP contribution in [0, 0.1) is 0 Å². The first-order valence-corrected chi connectivity index (χ1v) is 8.01. The van der Waals surface area contributed by atoms with Crippen molar-refractivity contribution in [2.45, 2.75) is 38.5 Å². The van der Waals surface area contributed by atoms with Crippen molar-refractivity contribution < 1.29 is 16.7 Å². The quantitative estimate of drug-likeness (QED) is 0.688. The summed E-state index contributed by atoms with van der Waals surface area (Å²) in [4.78, 5) is 0. The summed E-state index contributed by atoms with van der Waals surface area (Å²) in [5, 5.41) is 0. The van der Waals surface area contributed by atoms with Gasteiger partial charge in [0.1, 0.15) is 0 Å². The van der Waals surface area contributed by atoms with Crippen LogP contribution in [0.5, 0.6) is 0 Å². The molecule has 0 bridgehead atoms. The fraction of sp³-hybridized carbons (Fsp3) is 0.750. The Bertz CT molecular complexity index is 120. The first kappa shape index (κ1) is 8.77. The molecule has 0 aliphatic heterocycles. The third kappa shape index (κ3) is 3.18. The van der Waals surface area contributed by atoms with E-state index in [-0.39, 0.29) is 16.7 Å². The second kappa shape index (κ2) is 5.35. The van der Waals surface area contributed by atoms with Crippen LogP contribution >= 0.6 is 9.58 Å². The van der Waals surface area contributed by atoms with Gasteiger partial charge in [-0.3, -0.25) is 0 Å². The van der Waals surface area contributed by atoms with Crippen LogP contribution in [0.3, 0.4) is 0 Å². The summed E-state index contributed by atoms with van der Waals surface area (Å²) >= 11 is -0.228. The zero-order valence-electron chi connectivity index (χ0n) is 6.03. The maximum absolute atomic E-state index is 5.86. The first-order valence-electron chi connectivity index (χ1n) is 3.84. The minimum absolute atomic E-state index is 0.228. The van der Waals surface area contributed by atoms with E-state index in [0.717, 1.165) is 0 Å². The average Bonchev–Trinajstić information content (AvgIpc) is 1.87. The van der Waals surface area contributed by atoms with Crippen LogP contribution in [-0.2, 0) is 16.7 Å². The zero-order chi connectivity index (χ0) is 7.23. The minimum atomic E-state index is -0.228. The topological polar surface area (TPSA) is 0 Å². The van der Waals surface area contributed by atoms with E-state index in [4.69, 9.17) is 9.58 Å². The standard InChI is InChI=1S/C8H13.ClH.Ir/c1-2-4-6-8-7-5-3-1;;/h1H,2,4-8H2;1H;/q;;+1/p-1. The summed E-state index contributed by atoms with van der Waals surface area (Å²) in [6, 6.07) is 0. The molecule has 61 valence electrons. The molecule has 0 spiro atoms. The van der Waals surface area contributed by atoms with Gasteiger partial charge in [0, 0.05) is 0 Å². The number of halogens is 1. The molecule has 10 heavy (non-hydrogen) atoms. The van der Waals surface area contributed by atoms with Gasteiger partial charge in [0.25, 0.3) is 0 Å². The van der Waals surface area contributed by atoms with Gasteiger partial charge in [0.2, 0.25) is 0 Å². The van der Waals surface area contributed by atoms with E-state index in [1.807, 2.05) is 0 Å². The summed E-state index contributed by atoms with van der Waals surface area (Å²) in [6.07, 6.45) is 10.6.